The molecule has 1 rings (SSSR count). The zero-order chi connectivity index (χ0) is 12.7. The molecule has 0 fully saturated rings. The number of hydrogen-bond donors (Lipinski definition) is 1. The number of nitrogens with zero attached hydrogens (tertiary/aromatic N) is 1. The van der Waals surface area contributed by atoms with Gasteiger partial charge in [-0.05, 0) is 18.4 Å². The molecule has 1 aromatic rings. The van der Waals surface area contributed by atoms with Crippen molar-refractivity contribution in [2.24, 2.45) is 0 Å². The van der Waals surface area contributed by atoms with Crippen LogP contribution < -0.4 is 5.32 Å². The van der Waals surface area contributed by atoms with Crippen LogP contribution in [0.3, 0.4) is 0 Å². The molecule has 0 atom stereocenters. The first kappa shape index (κ1) is 13.2. The highest BCUT2D eigenvalue weighted by Gasteiger charge is 2.10. The van der Waals surface area contributed by atoms with Crippen molar-refractivity contribution in [3.8, 4) is 6.07 Å². The van der Waals surface area contributed by atoms with Gasteiger partial charge in [0.25, 0.3) is 0 Å². The molecular formula is C11H12N2O3S. The fourth-order valence-electron chi connectivity index (χ4n) is 1.13. The molecule has 5 nitrogen and oxygen atoms in total. The predicted octanol–water partition coefficient (Wildman–Crippen LogP) is 1.90. The van der Waals surface area contributed by atoms with Gasteiger partial charge in [-0.2, -0.15) is 5.26 Å². The van der Waals surface area contributed by atoms with Crippen molar-refractivity contribution in [2.45, 2.75) is 19.8 Å². The fraction of sp³-hybridized carbons (Fsp3) is 0.364. The van der Waals surface area contributed by atoms with Crippen LogP contribution in [-0.2, 0) is 14.3 Å². The quantitative estimate of drug-likeness (QED) is 0.812. The van der Waals surface area contributed by atoms with Gasteiger partial charge in [0.2, 0.25) is 5.91 Å². The average Bonchev–Trinajstić information content (AvgIpc) is 2.74. The largest absolute Gasteiger partial charge is 0.466 e. The first-order valence-corrected chi connectivity index (χ1v) is 5.98. The minimum Gasteiger partial charge on any atom is -0.466 e. The van der Waals surface area contributed by atoms with Crippen LogP contribution in [0.15, 0.2) is 11.4 Å². The van der Waals surface area contributed by atoms with E-state index >= 15 is 0 Å². The second-order valence-electron chi connectivity index (χ2n) is 3.13. The lowest BCUT2D eigenvalue weighted by atomic mass is 10.3. The highest BCUT2D eigenvalue weighted by molar-refractivity contribution is 7.14. The van der Waals surface area contributed by atoms with Gasteiger partial charge in [0.05, 0.1) is 18.6 Å². The number of carbonyl (C=O) groups is 2. The Kier molecular flexibility index (Phi) is 5.17. The molecule has 17 heavy (non-hydrogen) atoms. The van der Waals surface area contributed by atoms with Gasteiger partial charge >= 0.3 is 5.97 Å². The summed E-state index contributed by atoms with van der Waals surface area (Å²) >= 11 is 1.28. The Labute approximate surface area is 103 Å². The summed E-state index contributed by atoms with van der Waals surface area (Å²) in [6, 6.07) is 3.60. The monoisotopic (exact) mass is 252 g/mol. The predicted molar refractivity (Wildman–Crippen MR) is 63.5 cm³/mol. The van der Waals surface area contributed by atoms with Gasteiger partial charge in [0.15, 0.2) is 0 Å². The van der Waals surface area contributed by atoms with Crippen molar-refractivity contribution in [1.29, 1.82) is 5.26 Å². The van der Waals surface area contributed by atoms with E-state index in [0.29, 0.717) is 17.2 Å². The lowest BCUT2D eigenvalue weighted by molar-refractivity contribution is -0.144. The summed E-state index contributed by atoms with van der Waals surface area (Å²) in [5, 5.41) is 13.6. The molecule has 0 saturated heterocycles. The number of esters is 1. The van der Waals surface area contributed by atoms with E-state index in [0.717, 1.165) is 0 Å². The van der Waals surface area contributed by atoms with Crippen molar-refractivity contribution in [2.75, 3.05) is 11.9 Å². The SMILES string of the molecule is CCOC(=O)CCC(=O)Nc1sccc1C#N. The number of carbonyl (C=O) groups excluding carboxylic acids is 2. The lowest BCUT2D eigenvalue weighted by Crippen LogP contribution is -2.14. The smallest absolute Gasteiger partial charge is 0.306 e. The minimum absolute atomic E-state index is 0.0485. The summed E-state index contributed by atoms with van der Waals surface area (Å²) in [4.78, 5) is 22.5. The number of amides is 1. The Morgan fingerprint density at radius 3 is 2.94 bits per heavy atom. The van der Waals surface area contributed by atoms with Crippen molar-refractivity contribution in [3.05, 3.63) is 17.0 Å². The normalized spacial score (nSPS) is 9.41. The van der Waals surface area contributed by atoms with Crippen LogP contribution in [0.1, 0.15) is 25.3 Å². The molecule has 0 spiro atoms. The molecule has 0 aromatic carbocycles. The maximum absolute atomic E-state index is 11.5. The first-order valence-electron chi connectivity index (χ1n) is 5.10. The standard InChI is InChI=1S/C11H12N2O3S/c1-2-16-10(15)4-3-9(14)13-11-8(7-12)5-6-17-11/h5-6H,2-4H2,1H3,(H,13,14). The second-order valence-corrected chi connectivity index (χ2v) is 4.04. The molecule has 0 bridgehead atoms. The average molecular weight is 252 g/mol. The van der Waals surface area contributed by atoms with Crippen molar-refractivity contribution < 1.29 is 14.3 Å². The Morgan fingerprint density at radius 1 is 1.53 bits per heavy atom. The van der Waals surface area contributed by atoms with Crippen LogP contribution in [0, 0.1) is 11.3 Å². The third-order valence-electron chi connectivity index (χ3n) is 1.90. The number of nitriles is 1. The van der Waals surface area contributed by atoms with Gasteiger partial charge in [0.1, 0.15) is 11.1 Å². The first-order chi connectivity index (χ1) is 8.17. The summed E-state index contributed by atoms with van der Waals surface area (Å²) in [5.74, 6) is -0.689. The molecule has 90 valence electrons. The molecular weight excluding hydrogens is 240 g/mol. The second kappa shape index (κ2) is 6.66. The Bertz CT molecular complexity index is 448. The number of rotatable bonds is 5. The van der Waals surface area contributed by atoms with E-state index in [9.17, 15) is 9.59 Å². The molecule has 0 unspecified atom stereocenters. The molecule has 1 aromatic heterocycles. The maximum atomic E-state index is 11.5. The van der Waals surface area contributed by atoms with E-state index in [1.807, 2.05) is 6.07 Å². The third kappa shape index (κ3) is 4.25. The Hall–Kier alpha value is -1.87. The van der Waals surface area contributed by atoms with E-state index in [1.165, 1.54) is 11.3 Å². The van der Waals surface area contributed by atoms with E-state index < -0.39 is 5.97 Å². The number of anilines is 1. The number of nitrogens with one attached hydrogen (secondary N) is 1. The summed E-state index contributed by atoms with van der Waals surface area (Å²) in [6.45, 7) is 2.02. The minimum atomic E-state index is -0.394. The molecule has 0 radical (unpaired) electrons. The van der Waals surface area contributed by atoms with Crippen LogP contribution in [0.25, 0.3) is 0 Å². The van der Waals surface area contributed by atoms with Gasteiger partial charge in [-0.15, -0.1) is 11.3 Å². The van der Waals surface area contributed by atoms with Crippen molar-refractivity contribution in [1.82, 2.24) is 0 Å². The lowest BCUT2D eigenvalue weighted by Gasteiger charge is -2.03. The summed E-state index contributed by atoms with van der Waals surface area (Å²) in [5.41, 5.74) is 0.430. The molecule has 1 amide bonds. The van der Waals surface area contributed by atoms with Crippen LogP contribution in [-0.4, -0.2) is 18.5 Å². The van der Waals surface area contributed by atoms with Gasteiger partial charge in [-0.3, -0.25) is 9.59 Å². The maximum Gasteiger partial charge on any atom is 0.306 e. The van der Waals surface area contributed by atoms with Gasteiger partial charge in [-0.1, -0.05) is 0 Å². The number of ether oxygens (including phenoxy) is 1. The summed E-state index contributed by atoms with van der Waals surface area (Å²) in [6.07, 6.45) is 0.106. The zero-order valence-electron chi connectivity index (χ0n) is 9.36. The molecule has 1 N–H and O–H groups in total. The highest BCUT2D eigenvalue weighted by Crippen LogP contribution is 2.22. The topological polar surface area (TPSA) is 79.2 Å². The molecule has 0 aliphatic rings. The van der Waals surface area contributed by atoms with Crippen LogP contribution >= 0.6 is 11.3 Å². The Balaban J connectivity index is 2.40. The molecule has 0 aliphatic heterocycles. The van der Waals surface area contributed by atoms with Crippen molar-refractivity contribution in [3.63, 3.8) is 0 Å². The summed E-state index contributed by atoms with van der Waals surface area (Å²) in [7, 11) is 0. The van der Waals surface area contributed by atoms with E-state index in [2.05, 4.69) is 5.32 Å². The fourth-order valence-corrected chi connectivity index (χ4v) is 1.89. The molecule has 1 heterocycles. The van der Waals surface area contributed by atoms with Crippen molar-refractivity contribution >= 4 is 28.2 Å². The van der Waals surface area contributed by atoms with Crippen LogP contribution in [0.4, 0.5) is 5.00 Å². The van der Waals surface area contributed by atoms with Crippen LogP contribution in [0.5, 0.6) is 0 Å². The van der Waals surface area contributed by atoms with Gasteiger partial charge in [-0.25, -0.2) is 0 Å². The highest BCUT2D eigenvalue weighted by atomic mass is 32.1. The van der Waals surface area contributed by atoms with Gasteiger partial charge in [0, 0.05) is 6.42 Å². The van der Waals surface area contributed by atoms with E-state index in [-0.39, 0.29) is 18.7 Å². The molecule has 6 heteroatoms. The van der Waals surface area contributed by atoms with E-state index in [4.69, 9.17) is 10.00 Å². The molecule has 0 saturated carbocycles. The Morgan fingerprint density at radius 2 is 2.29 bits per heavy atom. The van der Waals surface area contributed by atoms with Gasteiger partial charge < -0.3 is 10.1 Å². The van der Waals surface area contributed by atoms with E-state index in [1.54, 1.807) is 18.4 Å². The zero-order valence-corrected chi connectivity index (χ0v) is 10.2. The molecule has 0 aliphatic carbocycles. The number of hydrogen-bond acceptors (Lipinski definition) is 5. The third-order valence-corrected chi connectivity index (χ3v) is 2.73. The number of thiophene rings is 1. The van der Waals surface area contributed by atoms with Crippen LogP contribution in [0.2, 0.25) is 0 Å². The summed E-state index contributed by atoms with van der Waals surface area (Å²) < 4.78 is 4.70.